The number of aliphatic hydroxyl groups is 2. The van der Waals surface area contributed by atoms with Crippen LogP contribution >= 0.6 is 34.8 Å². The first-order chi connectivity index (χ1) is 23.7. The summed E-state index contributed by atoms with van der Waals surface area (Å²) in [6.07, 6.45) is 6.05. The van der Waals surface area contributed by atoms with Gasteiger partial charge in [0.05, 0.1) is 16.9 Å². The fourth-order valence-electron chi connectivity index (χ4n) is 5.79. The molecule has 0 unspecified atom stereocenters. The van der Waals surface area contributed by atoms with E-state index >= 15 is 0 Å². The Morgan fingerprint density at radius 3 is 1.76 bits per heavy atom. The normalized spacial score (nSPS) is 16.4. The number of fused-ring (bicyclic) bond motifs is 2. The number of benzene rings is 2. The van der Waals surface area contributed by atoms with Crippen molar-refractivity contribution in [3.8, 4) is 0 Å². The molecule has 0 saturated carbocycles. The Kier molecular flexibility index (Phi) is 12.2. The Balaban J connectivity index is 0.000000152. The number of hydrogen-bond acceptors (Lipinski definition) is 6. The number of rotatable bonds is 6. The molecule has 4 aromatic rings. The highest BCUT2D eigenvalue weighted by molar-refractivity contribution is 6.56. The summed E-state index contributed by atoms with van der Waals surface area (Å²) in [5.41, 5.74) is 6.98. The Bertz CT molecular complexity index is 1920. The van der Waals surface area contributed by atoms with Crippen molar-refractivity contribution in [1.82, 2.24) is 9.97 Å². The molecule has 3 aliphatic rings. The quantitative estimate of drug-likeness (QED) is 0.152. The van der Waals surface area contributed by atoms with Gasteiger partial charge >= 0.3 is 7.12 Å². The molecular formula is C38H38BCl3F2N2O4. The van der Waals surface area contributed by atoms with Crippen LogP contribution in [0.5, 0.6) is 0 Å². The van der Waals surface area contributed by atoms with Crippen LogP contribution in [-0.2, 0) is 35.0 Å². The molecule has 0 bridgehead atoms. The van der Waals surface area contributed by atoms with Gasteiger partial charge in [0.25, 0.3) is 0 Å². The van der Waals surface area contributed by atoms with E-state index in [1.54, 1.807) is 30.3 Å². The Morgan fingerprint density at radius 1 is 0.700 bits per heavy atom. The van der Waals surface area contributed by atoms with Crippen molar-refractivity contribution in [1.29, 1.82) is 0 Å². The van der Waals surface area contributed by atoms with E-state index in [2.05, 4.69) is 9.97 Å². The molecule has 1 saturated heterocycles. The fourth-order valence-corrected chi connectivity index (χ4v) is 6.38. The lowest BCUT2D eigenvalue weighted by Gasteiger charge is -2.32. The highest BCUT2D eigenvalue weighted by Crippen LogP contribution is 2.41. The molecule has 0 atom stereocenters. The second-order valence-electron chi connectivity index (χ2n) is 13.1. The summed E-state index contributed by atoms with van der Waals surface area (Å²) >= 11 is 17.2. The lowest BCUT2D eigenvalue weighted by atomic mass is 9.77. The fraction of sp³-hybridized carbons (Fsp3) is 0.316. The topological polar surface area (TPSA) is 84.7 Å². The molecule has 2 N–H and O–H groups in total. The van der Waals surface area contributed by atoms with Gasteiger partial charge in [0, 0.05) is 30.8 Å². The van der Waals surface area contributed by atoms with Crippen molar-refractivity contribution in [2.75, 3.05) is 13.2 Å². The predicted molar refractivity (Wildman–Crippen MR) is 197 cm³/mol. The summed E-state index contributed by atoms with van der Waals surface area (Å²) in [4.78, 5) is 8.16. The Hall–Kier alpha value is -3.15. The van der Waals surface area contributed by atoms with Crippen LogP contribution in [0.15, 0.2) is 66.1 Å². The van der Waals surface area contributed by atoms with Crippen molar-refractivity contribution in [2.24, 2.45) is 0 Å². The molecule has 1 aliphatic heterocycles. The van der Waals surface area contributed by atoms with Gasteiger partial charge < -0.3 is 19.5 Å². The number of nitrogens with zero attached hydrogens (tertiary/aromatic N) is 2. The minimum absolute atomic E-state index is 0.0465. The molecule has 7 rings (SSSR count). The van der Waals surface area contributed by atoms with Crippen molar-refractivity contribution in [3.05, 3.63) is 132 Å². The molecule has 262 valence electrons. The van der Waals surface area contributed by atoms with Crippen LogP contribution in [0.1, 0.15) is 66.8 Å². The van der Waals surface area contributed by atoms with Gasteiger partial charge in [-0.05, 0) is 111 Å². The van der Waals surface area contributed by atoms with Crippen LogP contribution in [-0.4, -0.2) is 51.7 Å². The summed E-state index contributed by atoms with van der Waals surface area (Å²) in [5, 5.41) is 18.9. The number of aliphatic hydroxyl groups excluding tert-OH is 2. The Labute approximate surface area is 306 Å². The second-order valence-corrected chi connectivity index (χ2v) is 14.3. The van der Waals surface area contributed by atoms with E-state index in [9.17, 15) is 8.78 Å². The first-order valence-electron chi connectivity index (χ1n) is 16.2. The number of aromatic nitrogens is 2. The summed E-state index contributed by atoms with van der Waals surface area (Å²) < 4.78 is 39.5. The first kappa shape index (κ1) is 38.1. The molecule has 2 aromatic carbocycles. The van der Waals surface area contributed by atoms with E-state index in [0.717, 1.165) is 39.0 Å². The number of allylic oxidation sites excluding steroid dienone is 2. The maximum absolute atomic E-state index is 13.8. The van der Waals surface area contributed by atoms with Crippen molar-refractivity contribution >= 4 is 59.6 Å². The lowest BCUT2D eigenvalue weighted by molar-refractivity contribution is 0.00578. The van der Waals surface area contributed by atoms with E-state index in [1.807, 2.05) is 58.0 Å². The van der Waals surface area contributed by atoms with Crippen molar-refractivity contribution < 1.29 is 28.3 Å². The molecule has 0 amide bonds. The number of halogens is 5. The van der Waals surface area contributed by atoms with Gasteiger partial charge in [-0.25, -0.2) is 18.7 Å². The molecule has 1 fully saturated rings. The van der Waals surface area contributed by atoms with Crippen molar-refractivity contribution in [3.63, 3.8) is 0 Å². The van der Waals surface area contributed by atoms with Crippen LogP contribution in [0.25, 0.3) is 17.7 Å². The third-order valence-corrected chi connectivity index (χ3v) is 9.92. The van der Waals surface area contributed by atoms with Crippen LogP contribution in [0, 0.1) is 11.6 Å². The zero-order valence-electron chi connectivity index (χ0n) is 28.2. The molecule has 50 heavy (non-hydrogen) atoms. The standard InChI is InChI=1S/C16H13ClFNO.C15H18BFO2.C7H7Cl2NO/c17-15-5-4-10(6-7-20)16(19-15)12-8-11-2-1-3-14(18)13(11)9-12;1-14(2)15(3,4)19-16(18-14)11-8-10-6-5-7-13(17)12(10)9-11;8-6-2-1-5(3-4-11)7(9)10-6/h1-5,9,20H,6-8H2;5-7,9H,8H2,1-4H3;1-2,11H,3-4H2. The van der Waals surface area contributed by atoms with Gasteiger partial charge in [0.2, 0.25) is 0 Å². The van der Waals surface area contributed by atoms with Crippen LogP contribution in [0.4, 0.5) is 8.78 Å². The van der Waals surface area contributed by atoms with Gasteiger partial charge in [-0.3, -0.25) is 0 Å². The minimum atomic E-state index is -0.378. The zero-order chi connectivity index (χ0) is 36.2. The maximum Gasteiger partial charge on any atom is 0.490 e. The van der Waals surface area contributed by atoms with Gasteiger partial charge in [-0.15, -0.1) is 0 Å². The smallest absolute Gasteiger partial charge is 0.400 e. The molecule has 6 nitrogen and oxygen atoms in total. The molecule has 2 aliphatic carbocycles. The molecule has 0 spiro atoms. The third kappa shape index (κ3) is 8.65. The summed E-state index contributed by atoms with van der Waals surface area (Å²) in [6, 6.07) is 17.2. The molecule has 12 heteroatoms. The predicted octanol–water partition coefficient (Wildman–Crippen LogP) is 8.83. The van der Waals surface area contributed by atoms with E-state index in [-0.39, 0.29) is 43.2 Å². The molecular weight excluding hydrogens is 704 g/mol. The highest BCUT2D eigenvalue weighted by Gasteiger charge is 2.52. The largest absolute Gasteiger partial charge is 0.490 e. The van der Waals surface area contributed by atoms with Crippen LogP contribution < -0.4 is 0 Å². The average Bonchev–Trinajstić information content (AvgIpc) is 3.75. The minimum Gasteiger partial charge on any atom is -0.400 e. The SMILES string of the molecule is CC1(C)OB(C2=Cc3c(F)cccc3C2)OC1(C)C.OCCc1ccc(Cl)nc1C1=Cc2c(F)cccc2C1.OCCc1ccc(Cl)nc1Cl. The molecule has 2 aromatic heterocycles. The number of pyridine rings is 2. The number of hydrogen-bond donors (Lipinski definition) is 2. The van der Waals surface area contributed by atoms with Gasteiger partial charge in [-0.2, -0.15) is 0 Å². The Morgan fingerprint density at radius 2 is 1.22 bits per heavy atom. The molecule has 3 heterocycles. The lowest BCUT2D eigenvalue weighted by Crippen LogP contribution is -2.41. The monoisotopic (exact) mass is 740 g/mol. The van der Waals surface area contributed by atoms with Crippen LogP contribution in [0.2, 0.25) is 15.5 Å². The summed E-state index contributed by atoms with van der Waals surface area (Å²) in [5.74, 6) is -0.396. The third-order valence-electron chi connectivity index (χ3n) is 9.17. The average molecular weight is 742 g/mol. The maximum atomic E-state index is 13.8. The van der Waals surface area contributed by atoms with E-state index < -0.39 is 0 Å². The second kappa shape index (κ2) is 16.0. The van der Waals surface area contributed by atoms with Gasteiger partial charge in [0.15, 0.2) is 0 Å². The summed E-state index contributed by atoms with van der Waals surface area (Å²) in [6.45, 7) is 8.22. The van der Waals surface area contributed by atoms with E-state index in [4.69, 9.17) is 54.3 Å². The summed E-state index contributed by atoms with van der Waals surface area (Å²) in [7, 11) is -0.378. The highest BCUT2D eigenvalue weighted by atomic mass is 35.5. The van der Waals surface area contributed by atoms with Gasteiger partial charge in [0.1, 0.15) is 27.1 Å². The van der Waals surface area contributed by atoms with Crippen LogP contribution in [0.3, 0.4) is 0 Å². The first-order valence-corrected chi connectivity index (χ1v) is 17.4. The van der Waals surface area contributed by atoms with Gasteiger partial charge in [-0.1, -0.05) is 77.3 Å². The van der Waals surface area contributed by atoms with E-state index in [0.29, 0.717) is 52.3 Å². The zero-order valence-corrected chi connectivity index (χ0v) is 30.5. The molecule has 0 radical (unpaired) electrons. The van der Waals surface area contributed by atoms with Crippen molar-refractivity contribution in [2.45, 2.75) is 64.6 Å². The van der Waals surface area contributed by atoms with E-state index in [1.165, 1.54) is 12.1 Å².